The zero-order chi connectivity index (χ0) is 13.1. The Labute approximate surface area is 100 Å². The summed E-state index contributed by atoms with van der Waals surface area (Å²) in [4.78, 5) is 18.8. The number of carboxylic acid groups (broad SMARTS) is 1. The topological polar surface area (TPSA) is 84.3 Å². The van der Waals surface area contributed by atoms with E-state index in [1.807, 2.05) is 13.8 Å². The summed E-state index contributed by atoms with van der Waals surface area (Å²) in [5.41, 5.74) is 0.224. The van der Waals surface area contributed by atoms with E-state index in [1.54, 1.807) is 14.0 Å². The van der Waals surface area contributed by atoms with Gasteiger partial charge in [-0.25, -0.2) is 14.8 Å². The first-order valence-electron chi connectivity index (χ1n) is 5.22. The van der Waals surface area contributed by atoms with Crippen molar-refractivity contribution < 1.29 is 14.6 Å². The third kappa shape index (κ3) is 3.99. The molecular formula is C11H17N3O3. The second-order valence-electron chi connectivity index (χ2n) is 4.34. The summed E-state index contributed by atoms with van der Waals surface area (Å²) < 4.78 is 5.23. The van der Waals surface area contributed by atoms with Crippen LogP contribution in [0.2, 0.25) is 0 Å². The van der Waals surface area contributed by atoms with Gasteiger partial charge in [-0.1, -0.05) is 0 Å². The molecule has 1 rings (SSSR count). The number of hydrogen-bond acceptors (Lipinski definition) is 5. The van der Waals surface area contributed by atoms with Crippen LogP contribution in [-0.4, -0.2) is 40.3 Å². The second-order valence-corrected chi connectivity index (χ2v) is 4.34. The monoisotopic (exact) mass is 239 g/mol. The lowest BCUT2D eigenvalue weighted by Gasteiger charge is -2.23. The average molecular weight is 239 g/mol. The molecule has 17 heavy (non-hydrogen) atoms. The Morgan fingerprint density at radius 3 is 2.71 bits per heavy atom. The SMILES string of the molecule is COC(C)(C)CNc1nc(C)cc(C(=O)O)n1. The zero-order valence-electron chi connectivity index (χ0n) is 10.4. The third-order valence-electron chi connectivity index (χ3n) is 2.30. The average Bonchev–Trinajstić information content (AvgIpc) is 2.26. The van der Waals surface area contributed by atoms with Gasteiger partial charge in [0.2, 0.25) is 5.95 Å². The Balaban J connectivity index is 2.81. The van der Waals surface area contributed by atoms with Crippen LogP contribution in [-0.2, 0) is 4.74 Å². The molecule has 0 aliphatic rings. The molecule has 0 aromatic carbocycles. The van der Waals surface area contributed by atoms with Gasteiger partial charge >= 0.3 is 5.97 Å². The number of nitrogens with zero attached hydrogens (tertiary/aromatic N) is 2. The van der Waals surface area contributed by atoms with Crippen molar-refractivity contribution in [2.75, 3.05) is 19.0 Å². The molecular weight excluding hydrogens is 222 g/mol. The molecule has 0 atom stereocenters. The molecule has 1 heterocycles. The molecule has 0 aliphatic heterocycles. The Morgan fingerprint density at radius 2 is 2.18 bits per heavy atom. The van der Waals surface area contributed by atoms with E-state index >= 15 is 0 Å². The van der Waals surface area contributed by atoms with Crippen molar-refractivity contribution >= 4 is 11.9 Å². The second kappa shape index (κ2) is 5.09. The number of carbonyl (C=O) groups is 1. The van der Waals surface area contributed by atoms with Crippen LogP contribution in [0.4, 0.5) is 5.95 Å². The van der Waals surface area contributed by atoms with E-state index in [-0.39, 0.29) is 11.3 Å². The predicted molar refractivity (Wildman–Crippen MR) is 63.3 cm³/mol. The molecule has 0 radical (unpaired) electrons. The lowest BCUT2D eigenvalue weighted by molar-refractivity contribution is 0.0342. The molecule has 6 nitrogen and oxygen atoms in total. The number of hydrogen-bond donors (Lipinski definition) is 2. The van der Waals surface area contributed by atoms with Gasteiger partial charge in [-0.3, -0.25) is 0 Å². The van der Waals surface area contributed by atoms with Crippen LogP contribution in [0.25, 0.3) is 0 Å². The normalized spacial score (nSPS) is 11.3. The molecule has 0 bridgehead atoms. The van der Waals surface area contributed by atoms with E-state index in [2.05, 4.69) is 15.3 Å². The minimum Gasteiger partial charge on any atom is -0.477 e. The Bertz CT molecular complexity index is 418. The largest absolute Gasteiger partial charge is 0.477 e. The Hall–Kier alpha value is -1.69. The number of nitrogens with one attached hydrogen (secondary N) is 1. The number of anilines is 1. The summed E-state index contributed by atoms with van der Waals surface area (Å²) >= 11 is 0. The number of aromatic nitrogens is 2. The summed E-state index contributed by atoms with van der Waals surface area (Å²) in [7, 11) is 1.61. The molecule has 0 saturated carbocycles. The molecule has 2 N–H and O–H groups in total. The highest BCUT2D eigenvalue weighted by atomic mass is 16.5. The molecule has 0 spiro atoms. The number of ether oxygens (including phenoxy) is 1. The van der Waals surface area contributed by atoms with Crippen LogP contribution < -0.4 is 5.32 Å². The van der Waals surface area contributed by atoms with Crippen LogP contribution in [0.3, 0.4) is 0 Å². The molecule has 1 aromatic rings. The molecule has 6 heteroatoms. The van der Waals surface area contributed by atoms with Gasteiger partial charge in [0.05, 0.1) is 5.60 Å². The van der Waals surface area contributed by atoms with E-state index in [0.717, 1.165) is 0 Å². The smallest absolute Gasteiger partial charge is 0.354 e. The number of rotatable bonds is 5. The fourth-order valence-corrected chi connectivity index (χ4v) is 1.12. The fraction of sp³-hybridized carbons (Fsp3) is 0.545. The highest BCUT2D eigenvalue weighted by molar-refractivity contribution is 5.85. The lowest BCUT2D eigenvalue weighted by Crippen LogP contribution is -2.32. The maximum absolute atomic E-state index is 10.8. The first kappa shape index (κ1) is 13.4. The van der Waals surface area contributed by atoms with Crippen LogP contribution in [0.15, 0.2) is 6.07 Å². The van der Waals surface area contributed by atoms with E-state index < -0.39 is 5.97 Å². The first-order chi connectivity index (χ1) is 7.84. The van der Waals surface area contributed by atoms with Crippen molar-refractivity contribution in [3.63, 3.8) is 0 Å². The number of aromatic carboxylic acids is 1. The standard InChI is InChI=1S/C11H17N3O3/c1-7-5-8(9(15)16)14-10(13-7)12-6-11(2,3)17-4/h5H,6H2,1-4H3,(H,15,16)(H,12,13,14). The highest BCUT2D eigenvalue weighted by Crippen LogP contribution is 2.10. The van der Waals surface area contributed by atoms with Crippen LogP contribution >= 0.6 is 0 Å². The Kier molecular flexibility index (Phi) is 4.01. The number of aryl methyl sites for hydroxylation is 1. The van der Waals surface area contributed by atoms with Crippen LogP contribution in [0.1, 0.15) is 30.0 Å². The van der Waals surface area contributed by atoms with E-state index in [4.69, 9.17) is 9.84 Å². The minimum absolute atomic E-state index is 0.0183. The third-order valence-corrected chi connectivity index (χ3v) is 2.30. The van der Waals surface area contributed by atoms with E-state index in [0.29, 0.717) is 18.2 Å². The zero-order valence-corrected chi connectivity index (χ0v) is 10.4. The molecule has 0 unspecified atom stereocenters. The first-order valence-corrected chi connectivity index (χ1v) is 5.22. The molecule has 1 aromatic heterocycles. The molecule has 0 saturated heterocycles. The molecule has 0 aliphatic carbocycles. The van der Waals surface area contributed by atoms with Crippen molar-refractivity contribution in [1.82, 2.24) is 9.97 Å². The fourth-order valence-electron chi connectivity index (χ4n) is 1.12. The van der Waals surface area contributed by atoms with Gasteiger partial charge < -0.3 is 15.2 Å². The predicted octanol–water partition coefficient (Wildman–Crippen LogP) is 1.32. The van der Waals surface area contributed by atoms with Gasteiger partial charge in [0.1, 0.15) is 0 Å². The van der Waals surface area contributed by atoms with Crippen molar-refractivity contribution in [3.8, 4) is 0 Å². The maximum Gasteiger partial charge on any atom is 0.354 e. The van der Waals surface area contributed by atoms with Gasteiger partial charge in [0.25, 0.3) is 0 Å². The van der Waals surface area contributed by atoms with Gasteiger partial charge in [-0.05, 0) is 26.8 Å². The summed E-state index contributed by atoms with van der Waals surface area (Å²) in [5.74, 6) is -0.767. The highest BCUT2D eigenvalue weighted by Gasteiger charge is 2.17. The Morgan fingerprint density at radius 1 is 1.53 bits per heavy atom. The summed E-state index contributed by atoms with van der Waals surface area (Å²) in [6.45, 7) is 6.04. The molecule has 0 fully saturated rings. The van der Waals surface area contributed by atoms with E-state index in [9.17, 15) is 4.79 Å². The summed E-state index contributed by atoms with van der Waals surface area (Å²) in [6, 6.07) is 1.43. The van der Waals surface area contributed by atoms with Gasteiger partial charge in [-0.15, -0.1) is 0 Å². The van der Waals surface area contributed by atoms with Gasteiger partial charge in [0, 0.05) is 19.3 Å². The van der Waals surface area contributed by atoms with Crippen molar-refractivity contribution in [3.05, 3.63) is 17.5 Å². The summed E-state index contributed by atoms with van der Waals surface area (Å²) in [5, 5.41) is 11.8. The lowest BCUT2D eigenvalue weighted by atomic mass is 10.1. The van der Waals surface area contributed by atoms with E-state index in [1.165, 1.54) is 6.07 Å². The van der Waals surface area contributed by atoms with Gasteiger partial charge in [-0.2, -0.15) is 0 Å². The van der Waals surface area contributed by atoms with Gasteiger partial charge in [0.15, 0.2) is 5.69 Å². The quantitative estimate of drug-likeness (QED) is 0.806. The molecule has 94 valence electrons. The number of methoxy groups -OCH3 is 1. The minimum atomic E-state index is -1.07. The maximum atomic E-state index is 10.8. The van der Waals surface area contributed by atoms with Crippen LogP contribution in [0, 0.1) is 6.92 Å². The van der Waals surface area contributed by atoms with Crippen LogP contribution in [0.5, 0.6) is 0 Å². The molecule has 0 amide bonds. The summed E-state index contributed by atoms with van der Waals surface area (Å²) in [6.07, 6.45) is 0. The van der Waals surface area contributed by atoms with Crippen molar-refractivity contribution in [2.45, 2.75) is 26.4 Å². The van der Waals surface area contributed by atoms with Crippen molar-refractivity contribution in [1.29, 1.82) is 0 Å². The van der Waals surface area contributed by atoms with Crippen molar-refractivity contribution in [2.24, 2.45) is 0 Å². The number of carboxylic acids is 1.